The van der Waals surface area contributed by atoms with E-state index in [2.05, 4.69) is 30.9 Å². The van der Waals surface area contributed by atoms with Crippen LogP contribution in [0.5, 0.6) is 0 Å². The SMILES string of the molecule is Clc1nc(-c2cncc(Br)c2)nc(Cl)c1-c1ccccc1. The zero-order chi connectivity index (χ0) is 14.8. The van der Waals surface area contributed by atoms with Gasteiger partial charge in [-0.2, -0.15) is 0 Å². The van der Waals surface area contributed by atoms with Gasteiger partial charge < -0.3 is 0 Å². The Bertz CT molecular complexity index is 771. The average Bonchev–Trinajstić information content (AvgIpc) is 2.47. The highest BCUT2D eigenvalue weighted by atomic mass is 79.9. The van der Waals surface area contributed by atoms with Crippen molar-refractivity contribution in [2.24, 2.45) is 0 Å². The lowest BCUT2D eigenvalue weighted by Crippen LogP contribution is -1.95. The largest absolute Gasteiger partial charge is 0.263 e. The van der Waals surface area contributed by atoms with E-state index in [1.54, 1.807) is 12.4 Å². The summed E-state index contributed by atoms with van der Waals surface area (Å²) in [7, 11) is 0. The second kappa shape index (κ2) is 6.10. The molecule has 0 aliphatic carbocycles. The van der Waals surface area contributed by atoms with Crippen LogP contribution in [-0.2, 0) is 0 Å². The van der Waals surface area contributed by atoms with Gasteiger partial charge in [-0.15, -0.1) is 0 Å². The maximum atomic E-state index is 6.29. The molecule has 0 bridgehead atoms. The van der Waals surface area contributed by atoms with Gasteiger partial charge in [-0.05, 0) is 27.6 Å². The first-order valence-corrected chi connectivity index (χ1v) is 7.59. The number of pyridine rings is 1. The van der Waals surface area contributed by atoms with Crippen LogP contribution in [-0.4, -0.2) is 15.0 Å². The molecule has 0 amide bonds. The number of benzene rings is 1. The second-order valence-electron chi connectivity index (χ2n) is 4.26. The van der Waals surface area contributed by atoms with Gasteiger partial charge in [-0.1, -0.05) is 53.5 Å². The molecule has 6 heteroatoms. The lowest BCUT2D eigenvalue weighted by Gasteiger charge is -2.08. The summed E-state index contributed by atoms with van der Waals surface area (Å²) < 4.78 is 0.836. The number of hydrogen-bond acceptors (Lipinski definition) is 3. The van der Waals surface area contributed by atoms with Crippen LogP contribution < -0.4 is 0 Å². The van der Waals surface area contributed by atoms with Crippen LogP contribution >= 0.6 is 39.1 Å². The Hall–Kier alpha value is -1.49. The normalized spacial score (nSPS) is 10.6. The summed E-state index contributed by atoms with van der Waals surface area (Å²) in [5, 5.41) is 0.632. The number of aromatic nitrogens is 3. The van der Waals surface area contributed by atoms with Crippen molar-refractivity contribution in [3.63, 3.8) is 0 Å². The van der Waals surface area contributed by atoms with E-state index in [1.807, 2.05) is 36.4 Å². The molecule has 21 heavy (non-hydrogen) atoms. The molecule has 2 heterocycles. The Labute approximate surface area is 140 Å². The summed E-state index contributed by atoms with van der Waals surface area (Å²) >= 11 is 15.9. The van der Waals surface area contributed by atoms with Gasteiger partial charge in [-0.25, -0.2) is 9.97 Å². The summed E-state index contributed by atoms with van der Waals surface area (Å²) in [6.07, 6.45) is 3.35. The summed E-state index contributed by atoms with van der Waals surface area (Å²) in [5.41, 5.74) is 2.25. The van der Waals surface area contributed by atoms with Crippen LogP contribution in [0.1, 0.15) is 0 Å². The standard InChI is InChI=1S/C15H8BrCl2N3/c16-11-6-10(7-19-8-11)15-20-13(17)12(14(18)21-15)9-4-2-1-3-5-9/h1-8H. The Morgan fingerprint density at radius 3 is 2.14 bits per heavy atom. The van der Waals surface area contributed by atoms with Gasteiger partial charge >= 0.3 is 0 Å². The summed E-state index contributed by atoms with van der Waals surface area (Å²) in [6, 6.07) is 11.4. The van der Waals surface area contributed by atoms with Gasteiger partial charge in [0.2, 0.25) is 0 Å². The third-order valence-corrected chi connectivity index (χ3v) is 3.83. The first-order chi connectivity index (χ1) is 10.1. The minimum absolute atomic E-state index is 0.316. The second-order valence-corrected chi connectivity index (χ2v) is 5.89. The van der Waals surface area contributed by atoms with Crippen LogP contribution in [0, 0.1) is 0 Å². The first-order valence-electron chi connectivity index (χ1n) is 6.04. The maximum absolute atomic E-state index is 6.29. The third kappa shape index (κ3) is 3.07. The van der Waals surface area contributed by atoms with Crippen molar-refractivity contribution in [2.75, 3.05) is 0 Å². The van der Waals surface area contributed by atoms with Crippen LogP contribution in [0.2, 0.25) is 10.3 Å². The minimum Gasteiger partial charge on any atom is -0.263 e. The number of nitrogens with zero attached hydrogens (tertiary/aromatic N) is 3. The van der Waals surface area contributed by atoms with Gasteiger partial charge in [0, 0.05) is 22.4 Å². The summed E-state index contributed by atoms with van der Waals surface area (Å²) in [4.78, 5) is 12.7. The molecular weight excluding hydrogens is 373 g/mol. The quantitative estimate of drug-likeness (QED) is 0.568. The first kappa shape index (κ1) is 14.4. The van der Waals surface area contributed by atoms with Crippen LogP contribution in [0.15, 0.2) is 53.3 Å². The Balaban J connectivity index is 2.13. The molecule has 0 radical (unpaired) electrons. The Kier molecular flexibility index (Phi) is 4.19. The molecule has 3 aromatic rings. The molecular formula is C15H8BrCl2N3. The highest BCUT2D eigenvalue weighted by Crippen LogP contribution is 2.34. The van der Waals surface area contributed by atoms with Crippen molar-refractivity contribution < 1.29 is 0 Å². The third-order valence-electron chi connectivity index (χ3n) is 2.85. The molecule has 0 N–H and O–H groups in total. The Morgan fingerprint density at radius 2 is 1.52 bits per heavy atom. The van der Waals surface area contributed by atoms with E-state index in [-0.39, 0.29) is 0 Å². The van der Waals surface area contributed by atoms with Crippen LogP contribution in [0.25, 0.3) is 22.5 Å². The van der Waals surface area contributed by atoms with Crippen molar-refractivity contribution in [3.8, 4) is 22.5 Å². The van der Waals surface area contributed by atoms with Crippen LogP contribution in [0.3, 0.4) is 0 Å². The molecule has 0 spiro atoms. The molecule has 0 atom stereocenters. The fraction of sp³-hybridized carbons (Fsp3) is 0. The number of halogens is 3. The topological polar surface area (TPSA) is 38.7 Å². The molecule has 0 aliphatic heterocycles. The molecule has 0 fully saturated rings. The van der Waals surface area contributed by atoms with E-state index in [4.69, 9.17) is 23.2 Å². The number of hydrogen-bond donors (Lipinski definition) is 0. The predicted molar refractivity (Wildman–Crippen MR) is 88.4 cm³/mol. The lowest BCUT2D eigenvalue weighted by atomic mass is 10.1. The highest BCUT2D eigenvalue weighted by molar-refractivity contribution is 9.10. The molecule has 3 rings (SSSR count). The number of rotatable bonds is 2. The molecule has 0 saturated heterocycles. The van der Waals surface area contributed by atoms with E-state index in [1.165, 1.54) is 0 Å². The van der Waals surface area contributed by atoms with Crippen molar-refractivity contribution in [1.29, 1.82) is 0 Å². The van der Waals surface area contributed by atoms with Crippen molar-refractivity contribution >= 4 is 39.1 Å². The van der Waals surface area contributed by atoms with Gasteiger partial charge in [-0.3, -0.25) is 4.98 Å². The molecule has 3 nitrogen and oxygen atoms in total. The van der Waals surface area contributed by atoms with Gasteiger partial charge in [0.15, 0.2) is 5.82 Å². The van der Waals surface area contributed by atoms with E-state index in [0.717, 1.165) is 15.6 Å². The lowest BCUT2D eigenvalue weighted by molar-refractivity contribution is 1.16. The monoisotopic (exact) mass is 379 g/mol. The fourth-order valence-electron chi connectivity index (χ4n) is 1.91. The van der Waals surface area contributed by atoms with Crippen molar-refractivity contribution in [2.45, 2.75) is 0 Å². The fourth-order valence-corrected chi connectivity index (χ4v) is 2.88. The molecule has 0 unspecified atom stereocenters. The minimum atomic E-state index is 0.316. The predicted octanol–water partition coefficient (Wildman–Crippen LogP) is 5.27. The molecule has 2 aromatic heterocycles. The summed E-state index contributed by atoms with van der Waals surface area (Å²) in [6.45, 7) is 0. The smallest absolute Gasteiger partial charge is 0.164 e. The zero-order valence-corrected chi connectivity index (χ0v) is 13.7. The van der Waals surface area contributed by atoms with E-state index in [0.29, 0.717) is 21.7 Å². The van der Waals surface area contributed by atoms with Crippen LogP contribution in [0.4, 0.5) is 0 Å². The highest BCUT2D eigenvalue weighted by Gasteiger charge is 2.14. The van der Waals surface area contributed by atoms with E-state index >= 15 is 0 Å². The van der Waals surface area contributed by atoms with E-state index < -0.39 is 0 Å². The zero-order valence-electron chi connectivity index (χ0n) is 10.6. The van der Waals surface area contributed by atoms with E-state index in [9.17, 15) is 0 Å². The van der Waals surface area contributed by atoms with Crippen molar-refractivity contribution in [3.05, 3.63) is 63.6 Å². The average molecular weight is 381 g/mol. The molecule has 1 aromatic carbocycles. The van der Waals surface area contributed by atoms with Gasteiger partial charge in [0.25, 0.3) is 0 Å². The van der Waals surface area contributed by atoms with Gasteiger partial charge in [0.05, 0.1) is 5.56 Å². The summed E-state index contributed by atoms with van der Waals surface area (Å²) in [5.74, 6) is 0.443. The van der Waals surface area contributed by atoms with Gasteiger partial charge in [0.1, 0.15) is 10.3 Å². The molecule has 0 saturated carbocycles. The van der Waals surface area contributed by atoms with Crippen molar-refractivity contribution in [1.82, 2.24) is 15.0 Å². The molecule has 0 aliphatic rings. The Morgan fingerprint density at radius 1 is 0.857 bits per heavy atom. The molecule has 104 valence electrons. The maximum Gasteiger partial charge on any atom is 0.164 e.